The van der Waals surface area contributed by atoms with Crippen molar-refractivity contribution in [3.8, 4) is 0 Å². The van der Waals surface area contributed by atoms with Crippen LogP contribution in [0.3, 0.4) is 0 Å². The summed E-state index contributed by atoms with van der Waals surface area (Å²) in [5, 5.41) is 0. The summed E-state index contributed by atoms with van der Waals surface area (Å²) < 4.78 is 63.4. The molecule has 0 unspecified atom stereocenters. The summed E-state index contributed by atoms with van der Waals surface area (Å²) in [6.07, 6.45) is -4.78. The third-order valence-corrected chi connectivity index (χ3v) is 4.58. The zero-order valence-corrected chi connectivity index (χ0v) is 11.6. The minimum absolute atomic E-state index is 0.138. The van der Waals surface area contributed by atoms with Gasteiger partial charge in [-0.3, -0.25) is 0 Å². The molecule has 3 nitrogen and oxygen atoms in total. The molecule has 0 aromatic heterocycles. The van der Waals surface area contributed by atoms with Crippen LogP contribution in [0.4, 0.5) is 18.9 Å². The average Bonchev–Trinajstić information content (AvgIpc) is 2.38. The summed E-state index contributed by atoms with van der Waals surface area (Å²) in [4.78, 5) is -0.756. The minimum Gasteiger partial charge on any atom is -0.399 e. The average molecular weight is 315 g/mol. The van der Waals surface area contributed by atoms with Gasteiger partial charge in [-0.25, -0.2) is 8.42 Å². The molecule has 0 saturated heterocycles. The van der Waals surface area contributed by atoms with Gasteiger partial charge >= 0.3 is 6.18 Å². The van der Waals surface area contributed by atoms with E-state index >= 15 is 0 Å². The van der Waals surface area contributed by atoms with Crippen LogP contribution < -0.4 is 5.73 Å². The molecular weight excluding hydrogens is 303 g/mol. The van der Waals surface area contributed by atoms with Gasteiger partial charge in [0.05, 0.1) is 16.2 Å². The molecule has 0 radical (unpaired) electrons. The Morgan fingerprint density at radius 1 is 1.00 bits per heavy atom. The van der Waals surface area contributed by atoms with E-state index in [9.17, 15) is 21.6 Å². The molecule has 0 saturated carbocycles. The second-order valence-corrected chi connectivity index (χ2v) is 6.46. The van der Waals surface area contributed by atoms with Crippen molar-refractivity contribution in [1.82, 2.24) is 0 Å². The van der Waals surface area contributed by atoms with Crippen molar-refractivity contribution in [1.29, 1.82) is 0 Å². The number of alkyl halides is 3. The quantitative estimate of drug-likeness (QED) is 0.884. The topological polar surface area (TPSA) is 60.2 Å². The summed E-state index contributed by atoms with van der Waals surface area (Å²) in [6, 6.07) is 10.7. The zero-order chi connectivity index (χ0) is 15.7. The molecule has 0 aliphatic heterocycles. The lowest BCUT2D eigenvalue weighted by atomic mass is 10.2. The van der Waals surface area contributed by atoms with E-state index in [1.807, 2.05) is 0 Å². The van der Waals surface area contributed by atoms with Gasteiger partial charge in [0.2, 0.25) is 0 Å². The van der Waals surface area contributed by atoms with Crippen LogP contribution in [0.5, 0.6) is 0 Å². The molecular formula is C14H12F3NO2S. The Hall–Kier alpha value is -2.02. The van der Waals surface area contributed by atoms with Crippen LogP contribution in [0.1, 0.15) is 11.1 Å². The normalized spacial score (nSPS) is 12.3. The van der Waals surface area contributed by atoms with Gasteiger partial charge < -0.3 is 5.73 Å². The fraction of sp³-hybridized carbons (Fsp3) is 0.143. The lowest BCUT2D eigenvalue weighted by molar-refractivity contribution is -0.139. The Labute approximate surface area is 120 Å². The lowest BCUT2D eigenvalue weighted by Crippen LogP contribution is -2.15. The molecule has 0 bridgehead atoms. The van der Waals surface area contributed by atoms with Crippen LogP contribution >= 0.6 is 0 Å². The zero-order valence-electron chi connectivity index (χ0n) is 10.8. The fourth-order valence-electron chi connectivity index (χ4n) is 1.91. The SMILES string of the molecule is Nc1ccc(S(=O)(=O)Cc2ccccc2)c(C(F)(F)F)c1. The van der Waals surface area contributed by atoms with E-state index in [0.717, 1.165) is 12.1 Å². The van der Waals surface area contributed by atoms with Gasteiger partial charge in [0.1, 0.15) is 0 Å². The van der Waals surface area contributed by atoms with Crippen molar-refractivity contribution >= 4 is 15.5 Å². The molecule has 2 N–H and O–H groups in total. The van der Waals surface area contributed by atoms with Crippen molar-refractivity contribution < 1.29 is 21.6 Å². The van der Waals surface area contributed by atoms with Gasteiger partial charge in [-0.2, -0.15) is 13.2 Å². The van der Waals surface area contributed by atoms with Gasteiger partial charge in [0.25, 0.3) is 0 Å². The Balaban J connectivity index is 2.50. The molecule has 2 aromatic rings. The molecule has 2 aromatic carbocycles. The van der Waals surface area contributed by atoms with Crippen LogP contribution in [0, 0.1) is 0 Å². The Morgan fingerprint density at radius 2 is 1.62 bits per heavy atom. The smallest absolute Gasteiger partial charge is 0.399 e. The molecule has 0 atom stereocenters. The van der Waals surface area contributed by atoms with Gasteiger partial charge in [-0.1, -0.05) is 30.3 Å². The van der Waals surface area contributed by atoms with Crippen LogP contribution in [-0.2, 0) is 21.8 Å². The van der Waals surface area contributed by atoms with E-state index in [-0.39, 0.29) is 5.69 Å². The molecule has 0 heterocycles. The standard InChI is InChI=1S/C14H12F3NO2S/c15-14(16,17)12-8-11(18)6-7-13(12)21(19,20)9-10-4-2-1-3-5-10/h1-8H,9,18H2. The molecule has 0 amide bonds. The number of hydrogen-bond acceptors (Lipinski definition) is 3. The van der Waals surface area contributed by atoms with Crippen LogP contribution in [0.15, 0.2) is 53.4 Å². The Bertz CT molecular complexity index is 741. The van der Waals surface area contributed by atoms with Gasteiger partial charge in [-0.05, 0) is 23.8 Å². The largest absolute Gasteiger partial charge is 0.417 e. The summed E-state index contributed by atoms with van der Waals surface area (Å²) in [5.74, 6) is -0.499. The molecule has 0 spiro atoms. The maximum Gasteiger partial charge on any atom is 0.417 e. The van der Waals surface area contributed by atoms with Gasteiger partial charge in [0.15, 0.2) is 9.84 Å². The first-order valence-corrected chi connectivity index (χ1v) is 7.59. The third-order valence-electron chi connectivity index (χ3n) is 2.84. The molecule has 2 rings (SSSR count). The summed E-state index contributed by atoms with van der Waals surface area (Å²) >= 11 is 0. The number of benzene rings is 2. The first kappa shape index (κ1) is 15.4. The number of nitrogens with two attached hydrogens (primary N) is 1. The molecule has 0 aliphatic rings. The third kappa shape index (κ3) is 3.55. The highest BCUT2D eigenvalue weighted by molar-refractivity contribution is 7.90. The van der Waals surface area contributed by atoms with E-state index in [4.69, 9.17) is 5.73 Å². The van der Waals surface area contributed by atoms with Crippen LogP contribution in [0.25, 0.3) is 0 Å². The van der Waals surface area contributed by atoms with Crippen molar-refractivity contribution in [2.45, 2.75) is 16.8 Å². The number of halogens is 3. The number of anilines is 1. The van der Waals surface area contributed by atoms with Crippen LogP contribution in [-0.4, -0.2) is 8.42 Å². The Kier molecular flexibility index (Phi) is 3.95. The van der Waals surface area contributed by atoms with E-state index in [1.54, 1.807) is 30.3 Å². The molecule has 0 fully saturated rings. The highest BCUT2D eigenvalue weighted by Crippen LogP contribution is 2.36. The first-order chi connectivity index (χ1) is 9.70. The van der Waals surface area contributed by atoms with E-state index in [2.05, 4.69) is 0 Å². The number of sulfone groups is 1. The monoisotopic (exact) mass is 315 g/mol. The maximum atomic E-state index is 13.0. The number of rotatable bonds is 3. The lowest BCUT2D eigenvalue weighted by Gasteiger charge is -2.14. The maximum absolute atomic E-state index is 13.0. The number of hydrogen-bond donors (Lipinski definition) is 1. The second kappa shape index (κ2) is 5.40. The summed E-state index contributed by atoms with van der Waals surface area (Å²) in [7, 11) is -4.12. The Morgan fingerprint density at radius 3 is 2.19 bits per heavy atom. The predicted molar refractivity (Wildman–Crippen MR) is 73.2 cm³/mol. The summed E-state index contributed by atoms with van der Waals surface area (Å²) in [5.41, 5.74) is 4.37. The van der Waals surface area contributed by atoms with Gasteiger partial charge in [-0.15, -0.1) is 0 Å². The summed E-state index contributed by atoms with van der Waals surface area (Å²) in [6.45, 7) is 0. The van der Waals surface area contributed by atoms with Crippen LogP contribution in [0.2, 0.25) is 0 Å². The highest BCUT2D eigenvalue weighted by atomic mass is 32.2. The van der Waals surface area contributed by atoms with Gasteiger partial charge in [0, 0.05) is 5.69 Å². The van der Waals surface area contributed by atoms with E-state index < -0.39 is 32.2 Å². The van der Waals surface area contributed by atoms with Crippen molar-refractivity contribution in [2.75, 3.05) is 5.73 Å². The molecule has 112 valence electrons. The first-order valence-electron chi connectivity index (χ1n) is 5.93. The molecule has 0 aliphatic carbocycles. The predicted octanol–water partition coefficient (Wildman–Crippen LogP) is 3.26. The number of nitrogen functional groups attached to an aromatic ring is 1. The minimum atomic E-state index is -4.78. The highest BCUT2D eigenvalue weighted by Gasteiger charge is 2.37. The second-order valence-electron chi connectivity index (χ2n) is 4.50. The van der Waals surface area contributed by atoms with Crippen molar-refractivity contribution in [3.05, 3.63) is 59.7 Å². The van der Waals surface area contributed by atoms with E-state index in [1.165, 1.54) is 0 Å². The van der Waals surface area contributed by atoms with Crippen molar-refractivity contribution in [2.24, 2.45) is 0 Å². The van der Waals surface area contributed by atoms with Crippen molar-refractivity contribution in [3.63, 3.8) is 0 Å². The molecule has 7 heteroatoms. The van der Waals surface area contributed by atoms with E-state index in [0.29, 0.717) is 11.6 Å². The molecule has 21 heavy (non-hydrogen) atoms. The fourth-order valence-corrected chi connectivity index (χ4v) is 3.48.